The number of fused-ring (bicyclic) bond motifs is 3. The maximum absolute atomic E-state index is 6.46. The summed E-state index contributed by atoms with van der Waals surface area (Å²) in [5, 5.41) is 2.26. The third-order valence-corrected chi connectivity index (χ3v) is 10.7. The monoisotopic (exact) mass is 715 g/mol. The molecule has 0 atom stereocenters. The Labute approximate surface area is 327 Å². The molecule has 0 amide bonds. The van der Waals surface area contributed by atoms with E-state index >= 15 is 0 Å². The largest absolute Gasteiger partial charge is 0.455 e. The van der Waals surface area contributed by atoms with Crippen molar-refractivity contribution in [2.75, 3.05) is 4.90 Å². The molecule has 0 fully saturated rings. The van der Waals surface area contributed by atoms with Crippen LogP contribution >= 0.6 is 0 Å². The van der Waals surface area contributed by atoms with Crippen LogP contribution in [0, 0.1) is 0 Å². The van der Waals surface area contributed by atoms with Crippen molar-refractivity contribution in [1.29, 1.82) is 0 Å². The number of para-hydroxylation sites is 4. The van der Waals surface area contributed by atoms with Crippen molar-refractivity contribution in [3.05, 3.63) is 224 Å². The van der Waals surface area contributed by atoms with Gasteiger partial charge in [0.2, 0.25) is 0 Å². The van der Waals surface area contributed by atoms with E-state index in [4.69, 9.17) is 4.42 Å². The van der Waals surface area contributed by atoms with Crippen LogP contribution in [-0.2, 0) is 0 Å². The van der Waals surface area contributed by atoms with Crippen molar-refractivity contribution in [2.45, 2.75) is 0 Å². The zero-order chi connectivity index (χ0) is 37.3. The van der Waals surface area contributed by atoms with Crippen LogP contribution in [0.5, 0.6) is 0 Å². The first-order chi connectivity index (χ1) is 27.8. The fourth-order valence-electron chi connectivity index (χ4n) is 8.14. The molecule has 264 valence electrons. The number of hydrogen-bond donors (Lipinski definition) is 0. The Balaban J connectivity index is 1.16. The lowest BCUT2D eigenvalue weighted by Gasteiger charge is -2.30. The maximum Gasteiger partial charge on any atom is 0.143 e. The Morgan fingerprint density at radius 3 is 1.38 bits per heavy atom. The van der Waals surface area contributed by atoms with Crippen molar-refractivity contribution < 1.29 is 4.42 Å². The van der Waals surface area contributed by atoms with E-state index in [2.05, 4.69) is 217 Å². The Kier molecular flexibility index (Phi) is 8.55. The Morgan fingerprint density at radius 2 is 0.696 bits per heavy atom. The molecule has 56 heavy (non-hydrogen) atoms. The summed E-state index contributed by atoms with van der Waals surface area (Å²) in [5.41, 5.74) is 16.7. The highest BCUT2D eigenvalue weighted by Crippen LogP contribution is 2.47. The average Bonchev–Trinajstić information content (AvgIpc) is 3.67. The fraction of sp³-hybridized carbons (Fsp3) is 0. The predicted molar refractivity (Wildman–Crippen MR) is 236 cm³/mol. The molecular weight excluding hydrogens is 679 g/mol. The van der Waals surface area contributed by atoms with E-state index < -0.39 is 0 Å². The first kappa shape index (κ1) is 33.2. The van der Waals surface area contributed by atoms with Crippen LogP contribution < -0.4 is 4.90 Å². The van der Waals surface area contributed by atoms with Gasteiger partial charge >= 0.3 is 0 Å². The van der Waals surface area contributed by atoms with Crippen molar-refractivity contribution in [2.24, 2.45) is 0 Å². The van der Waals surface area contributed by atoms with Gasteiger partial charge in [0.15, 0.2) is 0 Å². The van der Waals surface area contributed by atoms with Crippen molar-refractivity contribution in [1.82, 2.24) is 0 Å². The minimum Gasteiger partial charge on any atom is -0.455 e. The summed E-state index contributed by atoms with van der Waals surface area (Å²) in [6.45, 7) is 0. The van der Waals surface area contributed by atoms with Gasteiger partial charge in [0, 0.05) is 33.2 Å². The first-order valence-electron chi connectivity index (χ1n) is 19.1. The van der Waals surface area contributed by atoms with Gasteiger partial charge in [-0.25, -0.2) is 0 Å². The highest BCUT2D eigenvalue weighted by molar-refractivity contribution is 6.09. The van der Waals surface area contributed by atoms with E-state index in [9.17, 15) is 0 Å². The summed E-state index contributed by atoms with van der Waals surface area (Å²) in [5.74, 6) is 0. The highest BCUT2D eigenvalue weighted by atomic mass is 16.3. The fourth-order valence-corrected chi connectivity index (χ4v) is 8.14. The zero-order valence-corrected chi connectivity index (χ0v) is 30.7. The lowest BCUT2D eigenvalue weighted by atomic mass is 9.88. The minimum absolute atomic E-state index is 0.901. The van der Waals surface area contributed by atoms with E-state index in [0.717, 1.165) is 66.8 Å². The standard InChI is InChI=1S/C54H37NO/c1-3-18-38(19-4-1)42-22-7-8-24-45(42)46-25-9-10-26-47(46)48-27-12-15-32-52(48)55(51-31-14-11-23-43(51)39-20-5-2-6-21-39)41-36-34-40(35-37-41)44-29-17-30-50-49-28-13-16-33-53(49)56-54(44)50/h1-37H. The molecular formula is C54H37NO. The van der Waals surface area contributed by atoms with Gasteiger partial charge in [0.05, 0.1) is 11.4 Å². The molecule has 0 spiro atoms. The zero-order valence-electron chi connectivity index (χ0n) is 30.7. The van der Waals surface area contributed by atoms with Gasteiger partial charge in [-0.05, 0) is 69.3 Å². The van der Waals surface area contributed by atoms with E-state index in [0.29, 0.717) is 0 Å². The molecule has 9 aromatic carbocycles. The SMILES string of the molecule is c1ccc(-c2ccccc2-c2ccccc2-c2ccccc2N(c2ccc(-c3cccc4c3oc3ccccc34)cc2)c2ccccc2-c2ccccc2)cc1. The van der Waals surface area contributed by atoms with E-state index in [1.165, 1.54) is 27.8 Å². The first-order valence-corrected chi connectivity index (χ1v) is 19.1. The summed E-state index contributed by atoms with van der Waals surface area (Å²) >= 11 is 0. The number of anilines is 3. The van der Waals surface area contributed by atoms with Crippen LogP contribution in [-0.4, -0.2) is 0 Å². The van der Waals surface area contributed by atoms with E-state index in [1.54, 1.807) is 0 Å². The van der Waals surface area contributed by atoms with E-state index in [1.807, 2.05) is 12.1 Å². The molecule has 1 aromatic heterocycles. The molecule has 0 aliphatic rings. The van der Waals surface area contributed by atoms with Crippen LogP contribution in [0.4, 0.5) is 17.1 Å². The third-order valence-electron chi connectivity index (χ3n) is 10.7. The molecule has 0 unspecified atom stereocenters. The highest BCUT2D eigenvalue weighted by Gasteiger charge is 2.22. The molecule has 10 rings (SSSR count). The number of benzene rings is 9. The summed E-state index contributed by atoms with van der Waals surface area (Å²) in [7, 11) is 0. The quantitative estimate of drug-likeness (QED) is 0.156. The average molecular weight is 716 g/mol. The molecule has 0 aliphatic heterocycles. The predicted octanol–water partition coefficient (Wildman–Crippen LogP) is 15.4. The third kappa shape index (κ3) is 5.95. The lowest BCUT2D eigenvalue weighted by Crippen LogP contribution is -2.12. The molecule has 2 nitrogen and oxygen atoms in total. The number of furan rings is 1. The maximum atomic E-state index is 6.46. The number of rotatable bonds is 8. The molecule has 2 heteroatoms. The number of hydrogen-bond acceptors (Lipinski definition) is 2. The molecule has 0 aliphatic carbocycles. The van der Waals surface area contributed by atoms with Gasteiger partial charge in [0.25, 0.3) is 0 Å². The van der Waals surface area contributed by atoms with Crippen molar-refractivity contribution >= 4 is 39.0 Å². The van der Waals surface area contributed by atoms with Gasteiger partial charge in [-0.15, -0.1) is 0 Å². The molecule has 10 aromatic rings. The van der Waals surface area contributed by atoms with Crippen molar-refractivity contribution in [3.8, 4) is 55.6 Å². The topological polar surface area (TPSA) is 16.4 Å². The Hall–Kier alpha value is -7.42. The number of nitrogens with zero attached hydrogens (tertiary/aromatic N) is 1. The smallest absolute Gasteiger partial charge is 0.143 e. The second kappa shape index (κ2) is 14.4. The van der Waals surface area contributed by atoms with Crippen LogP contribution in [0.1, 0.15) is 0 Å². The molecule has 0 radical (unpaired) electrons. The van der Waals surface area contributed by atoms with Crippen molar-refractivity contribution in [3.63, 3.8) is 0 Å². The van der Waals surface area contributed by atoms with Crippen LogP contribution in [0.15, 0.2) is 229 Å². The van der Waals surface area contributed by atoms with Gasteiger partial charge in [0.1, 0.15) is 11.2 Å². The van der Waals surface area contributed by atoms with Gasteiger partial charge in [-0.2, -0.15) is 0 Å². The van der Waals surface area contributed by atoms with Gasteiger partial charge in [-0.1, -0.05) is 194 Å². The van der Waals surface area contributed by atoms with Crippen LogP contribution in [0.2, 0.25) is 0 Å². The summed E-state index contributed by atoms with van der Waals surface area (Å²) in [6, 6.07) is 80.0. The molecule has 0 saturated carbocycles. The normalized spacial score (nSPS) is 11.2. The Morgan fingerprint density at radius 1 is 0.268 bits per heavy atom. The summed E-state index contributed by atoms with van der Waals surface area (Å²) in [4.78, 5) is 2.42. The second-order valence-electron chi connectivity index (χ2n) is 14.0. The van der Waals surface area contributed by atoms with Gasteiger partial charge < -0.3 is 9.32 Å². The minimum atomic E-state index is 0.901. The van der Waals surface area contributed by atoms with Crippen LogP contribution in [0.3, 0.4) is 0 Å². The summed E-state index contributed by atoms with van der Waals surface area (Å²) < 4.78 is 6.46. The second-order valence-corrected chi connectivity index (χ2v) is 14.0. The molecule has 0 N–H and O–H groups in total. The van der Waals surface area contributed by atoms with Gasteiger partial charge in [-0.3, -0.25) is 0 Å². The summed E-state index contributed by atoms with van der Waals surface area (Å²) in [6.07, 6.45) is 0. The Bertz CT molecular complexity index is 2960. The molecule has 0 saturated heterocycles. The van der Waals surface area contributed by atoms with Crippen LogP contribution in [0.25, 0.3) is 77.6 Å². The lowest BCUT2D eigenvalue weighted by molar-refractivity contribution is 0.670. The molecule has 0 bridgehead atoms. The van der Waals surface area contributed by atoms with E-state index in [-0.39, 0.29) is 0 Å². The molecule has 1 heterocycles.